The summed E-state index contributed by atoms with van der Waals surface area (Å²) >= 11 is 0. The van der Waals surface area contributed by atoms with Gasteiger partial charge in [0.15, 0.2) is 5.79 Å². The minimum Gasteiger partial charge on any atom is -0.346 e. The zero-order valence-electron chi connectivity index (χ0n) is 18.7. The van der Waals surface area contributed by atoms with Crippen molar-refractivity contribution in [2.24, 2.45) is 5.41 Å². The molecule has 0 radical (unpaired) electrons. The summed E-state index contributed by atoms with van der Waals surface area (Å²) in [4.78, 5) is 0. The second-order valence-electron chi connectivity index (χ2n) is 9.00. The van der Waals surface area contributed by atoms with Gasteiger partial charge < -0.3 is 9.47 Å². The van der Waals surface area contributed by atoms with Gasteiger partial charge in [-0.15, -0.1) is 0 Å². The molecule has 2 heterocycles. The van der Waals surface area contributed by atoms with Crippen LogP contribution in [0.1, 0.15) is 44.4 Å². The molecule has 3 aliphatic rings. The number of rotatable bonds is 5. The Morgan fingerprint density at radius 3 is 2.91 bits per heavy atom. The second-order valence-corrected chi connectivity index (χ2v) is 9.00. The van der Waals surface area contributed by atoms with Crippen molar-refractivity contribution >= 4 is 6.08 Å². The van der Waals surface area contributed by atoms with E-state index in [1.54, 1.807) is 18.2 Å². The maximum absolute atomic E-state index is 13.4. The first-order valence-electron chi connectivity index (χ1n) is 11.3. The standard InChI is InChI=1S/C27H29FN2O2/c1-4-6-8-19(7-5-2)25-18-31-27(32-25)14-13-21-15-24-20(16-26(21,27)3)17-29-30(24)23-11-9-22(28)10-12-23/h4,6-12,15,17,25H,1,5,13-14,16,18H2,2-3H3/b8-6-,19-7+. The van der Waals surface area contributed by atoms with Crippen molar-refractivity contribution in [2.75, 3.05) is 6.61 Å². The van der Waals surface area contributed by atoms with Gasteiger partial charge in [-0.25, -0.2) is 9.07 Å². The van der Waals surface area contributed by atoms with Gasteiger partial charge in [-0.2, -0.15) is 5.10 Å². The fraction of sp³-hybridized carbons (Fsp3) is 0.370. The lowest BCUT2D eigenvalue weighted by Crippen LogP contribution is -2.46. The SMILES string of the molecule is C=C/C=C\C(=C/CC)C1COC2(CCC3=Cc4c(cnn4-c4ccc(F)cc4)CC32C)O1. The van der Waals surface area contributed by atoms with Crippen LogP contribution >= 0.6 is 0 Å². The molecule has 1 aliphatic heterocycles. The number of halogens is 1. The summed E-state index contributed by atoms with van der Waals surface area (Å²) in [6, 6.07) is 6.46. The molecule has 5 heteroatoms. The number of fused-ring (bicyclic) bond motifs is 3. The molecule has 1 saturated carbocycles. The van der Waals surface area contributed by atoms with Crippen molar-refractivity contribution in [2.45, 2.75) is 51.4 Å². The summed E-state index contributed by atoms with van der Waals surface area (Å²) in [7, 11) is 0. The zero-order chi connectivity index (χ0) is 22.3. The van der Waals surface area contributed by atoms with Crippen molar-refractivity contribution in [1.29, 1.82) is 0 Å². The Morgan fingerprint density at radius 1 is 1.34 bits per heavy atom. The number of benzene rings is 1. The van der Waals surface area contributed by atoms with E-state index in [0.29, 0.717) is 6.61 Å². The summed E-state index contributed by atoms with van der Waals surface area (Å²) in [6.45, 7) is 8.73. The molecule has 2 aromatic rings. The van der Waals surface area contributed by atoms with Gasteiger partial charge in [-0.05, 0) is 60.7 Å². The van der Waals surface area contributed by atoms with Gasteiger partial charge in [-0.3, -0.25) is 0 Å². The van der Waals surface area contributed by atoms with Crippen molar-refractivity contribution in [3.63, 3.8) is 0 Å². The van der Waals surface area contributed by atoms with Gasteiger partial charge in [-0.1, -0.05) is 50.3 Å². The third kappa shape index (κ3) is 3.23. The molecule has 0 amide bonds. The summed E-state index contributed by atoms with van der Waals surface area (Å²) in [6.07, 6.45) is 15.6. The lowest BCUT2D eigenvalue weighted by molar-refractivity contribution is -0.215. The number of allylic oxidation sites excluding steroid dienone is 3. The van der Waals surface area contributed by atoms with Crippen LogP contribution in [0.25, 0.3) is 11.8 Å². The highest BCUT2D eigenvalue weighted by Crippen LogP contribution is 2.59. The van der Waals surface area contributed by atoms with E-state index in [-0.39, 0.29) is 17.3 Å². The molecule has 3 unspecified atom stereocenters. The normalized spacial score (nSPS) is 29.4. The number of hydrogen-bond donors (Lipinski definition) is 0. The second kappa shape index (κ2) is 7.98. The molecule has 1 spiro atoms. The van der Waals surface area contributed by atoms with E-state index >= 15 is 0 Å². The Morgan fingerprint density at radius 2 is 2.16 bits per heavy atom. The van der Waals surface area contributed by atoms with E-state index < -0.39 is 5.79 Å². The molecule has 0 N–H and O–H groups in total. The highest BCUT2D eigenvalue weighted by Gasteiger charge is 2.61. The van der Waals surface area contributed by atoms with Crippen LogP contribution in [0.2, 0.25) is 0 Å². The van der Waals surface area contributed by atoms with Crippen LogP contribution in [0, 0.1) is 11.2 Å². The Bertz CT molecular complexity index is 1130. The van der Waals surface area contributed by atoms with E-state index in [1.807, 2.05) is 17.0 Å². The fourth-order valence-corrected chi connectivity index (χ4v) is 5.41. The first kappa shape index (κ1) is 21.1. The number of ether oxygens (including phenoxy) is 2. The molecule has 1 aromatic carbocycles. The molecule has 1 aromatic heterocycles. The molecule has 2 aliphatic carbocycles. The lowest BCUT2D eigenvalue weighted by Gasteiger charge is -2.42. The third-order valence-corrected chi connectivity index (χ3v) is 7.12. The van der Waals surface area contributed by atoms with Gasteiger partial charge >= 0.3 is 0 Å². The van der Waals surface area contributed by atoms with Crippen molar-refractivity contribution in [1.82, 2.24) is 9.78 Å². The number of aromatic nitrogens is 2. The molecule has 32 heavy (non-hydrogen) atoms. The van der Waals surface area contributed by atoms with Gasteiger partial charge in [0.2, 0.25) is 0 Å². The average molecular weight is 433 g/mol. The average Bonchev–Trinajstić information content (AvgIpc) is 3.47. The predicted molar refractivity (Wildman–Crippen MR) is 124 cm³/mol. The number of hydrogen-bond acceptors (Lipinski definition) is 3. The Balaban J connectivity index is 1.46. The first-order chi connectivity index (χ1) is 15.5. The first-order valence-corrected chi connectivity index (χ1v) is 11.3. The fourth-order valence-electron chi connectivity index (χ4n) is 5.41. The van der Waals surface area contributed by atoms with E-state index in [9.17, 15) is 4.39 Å². The van der Waals surface area contributed by atoms with Gasteiger partial charge in [0.05, 0.1) is 24.2 Å². The molecule has 5 rings (SSSR count). The Kier molecular flexibility index (Phi) is 5.26. The topological polar surface area (TPSA) is 36.3 Å². The van der Waals surface area contributed by atoms with E-state index in [0.717, 1.165) is 48.2 Å². The lowest BCUT2D eigenvalue weighted by atomic mass is 9.72. The molecule has 1 saturated heterocycles. The van der Waals surface area contributed by atoms with E-state index in [2.05, 4.69) is 43.8 Å². The van der Waals surface area contributed by atoms with Crippen LogP contribution in [0.3, 0.4) is 0 Å². The highest BCUT2D eigenvalue weighted by atomic mass is 19.1. The maximum atomic E-state index is 13.4. The molecule has 4 nitrogen and oxygen atoms in total. The van der Waals surface area contributed by atoms with Crippen molar-refractivity contribution < 1.29 is 13.9 Å². The molecular weight excluding hydrogens is 403 g/mol. The largest absolute Gasteiger partial charge is 0.346 e. The van der Waals surface area contributed by atoms with Crippen LogP contribution < -0.4 is 0 Å². The van der Waals surface area contributed by atoms with Crippen LogP contribution in [0.5, 0.6) is 0 Å². The van der Waals surface area contributed by atoms with Crippen molar-refractivity contribution in [3.05, 3.63) is 89.6 Å². The highest BCUT2D eigenvalue weighted by molar-refractivity contribution is 5.62. The van der Waals surface area contributed by atoms with Gasteiger partial charge in [0.25, 0.3) is 0 Å². The molecule has 0 bridgehead atoms. The van der Waals surface area contributed by atoms with Gasteiger partial charge in [0, 0.05) is 11.8 Å². The summed E-state index contributed by atoms with van der Waals surface area (Å²) in [5, 5.41) is 4.61. The Labute approximate surface area is 188 Å². The van der Waals surface area contributed by atoms with E-state index in [1.165, 1.54) is 17.7 Å². The number of nitrogens with zero attached hydrogens (tertiary/aromatic N) is 2. The smallest absolute Gasteiger partial charge is 0.178 e. The molecule has 2 fully saturated rings. The monoisotopic (exact) mass is 432 g/mol. The third-order valence-electron chi connectivity index (χ3n) is 7.12. The quantitative estimate of drug-likeness (QED) is 0.549. The minimum atomic E-state index is -0.631. The molecule has 3 atom stereocenters. The van der Waals surface area contributed by atoms with Crippen LogP contribution in [0.15, 0.2) is 72.5 Å². The van der Waals surface area contributed by atoms with Crippen LogP contribution in [0.4, 0.5) is 4.39 Å². The summed E-state index contributed by atoms with van der Waals surface area (Å²) in [5.41, 5.74) is 5.32. The Hall–Kier alpha value is -2.76. The van der Waals surface area contributed by atoms with Crippen molar-refractivity contribution in [3.8, 4) is 5.69 Å². The molecular formula is C27H29FN2O2. The van der Waals surface area contributed by atoms with Crippen LogP contribution in [-0.4, -0.2) is 28.3 Å². The summed E-state index contributed by atoms with van der Waals surface area (Å²) < 4.78 is 28.5. The van der Waals surface area contributed by atoms with Gasteiger partial charge in [0.1, 0.15) is 11.9 Å². The maximum Gasteiger partial charge on any atom is 0.178 e. The summed E-state index contributed by atoms with van der Waals surface area (Å²) in [5.74, 6) is -0.878. The minimum absolute atomic E-state index is 0.0781. The molecule has 166 valence electrons. The van der Waals surface area contributed by atoms with Crippen LogP contribution in [-0.2, 0) is 15.9 Å². The van der Waals surface area contributed by atoms with E-state index in [4.69, 9.17) is 9.47 Å². The zero-order valence-corrected chi connectivity index (χ0v) is 18.7. The predicted octanol–water partition coefficient (Wildman–Crippen LogP) is 5.94.